The number of carbonyl (C=O) groups is 4. The molecule has 2 unspecified atom stereocenters. The molecule has 0 spiro atoms. The minimum absolute atomic E-state index is 0.359. The van der Waals surface area contributed by atoms with Gasteiger partial charge in [0.1, 0.15) is 0 Å². The molecule has 6 heteroatoms. The lowest BCUT2D eigenvalue weighted by Gasteiger charge is -2.40. The summed E-state index contributed by atoms with van der Waals surface area (Å²) in [4.78, 5) is 50.5. The van der Waals surface area contributed by atoms with Gasteiger partial charge in [-0.2, -0.15) is 0 Å². The Bertz CT molecular complexity index is 1630. The number of benzene rings is 3. The van der Waals surface area contributed by atoms with E-state index in [9.17, 15) is 19.2 Å². The van der Waals surface area contributed by atoms with E-state index < -0.39 is 35.2 Å². The standard InChI is InChI=1S/C27H16O6/c1-2-27-11-18-12-7-9-19(27)25(30)33-26(31)20(27)10-8-13(18)15-4-6-17-22-16(23(28)32-24(17)29)5-3-14(12)21(15)22/h3-10,19H,2,11H2,1H3. The largest absolute Gasteiger partial charge is 0.389 e. The Balaban J connectivity index is 1.71. The predicted octanol–water partition coefficient (Wildman–Crippen LogP) is 3.41. The van der Waals surface area contributed by atoms with E-state index in [1.54, 1.807) is 18.2 Å². The van der Waals surface area contributed by atoms with Crippen molar-refractivity contribution in [2.24, 2.45) is 11.3 Å². The normalized spacial score (nSPS) is 24.8. The number of cyclic esters (lactones) is 4. The van der Waals surface area contributed by atoms with Crippen LogP contribution in [0.25, 0.3) is 33.7 Å². The van der Waals surface area contributed by atoms with Crippen LogP contribution >= 0.6 is 0 Å². The summed E-state index contributed by atoms with van der Waals surface area (Å²) in [5.74, 6) is -3.00. The molecule has 7 rings (SSSR count). The highest BCUT2D eigenvalue weighted by atomic mass is 16.6. The molecule has 2 atom stereocenters. The van der Waals surface area contributed by atoms with E-state index in [0.717, 1.165) is 32.5 Å². The molecular weight excluding hydrogens is 420 g/mol. The van der Waals surface area contributed by atoms with Crippen LogP contribution in [0, 0.1) is 11.3 Å². The average Bonchev–Trinajstić information content (AvgIpc) is 3.09. The topological polar surface area (TPSA) is 86.7 Å². The Kier molecular flexibility index (Phi) is 3.27. The van der Waals surface area contributed by atoms with Crippen molar-refractivity contribution in [3.05, 3.63) is 69.5 Å². The van der Waals surface area contributed by atoms with Crippen molar-refractivity contribution in [1.29, 1.82) is 0 Å². The first-order valence-corrected chi connectivity index (χ1v) is 10.9. The molecule has 2 heterocycles. The number of hydrogen-bond donors (Lipinski definition) is 0. The molecule has 2 bridgehead atoms. The van der Waals surface area contributed by atoms with Gasteiger partial charge in [0.2, 0.25) is 0 Å². The highest BCUT2D eigenvalue weighted by molar-refractivity contribution is 6.28. The summed E-state index contributed by atoms with van der Waals surface area (Å²) in [5.41, 5.74) is 2.52. The van der Waals surface area contributed by atoms with Gasteiger partial charge in [0.15, 0.2) is 0 Å². The van der Waals surface area contributed by atoms with Gasteiger partial charge in [-0.15, -0.1) is 0 Å². The molecule has 3 aromatic carbocycles. The van der Waals surface area contributed by atoms with E-state index in [1.807, 2.05) is 37.3 Å². The zero-order chi connectivity index (χ0) is 22.6. The highest BCUT2D eigenvalue weighted by Gasteiger charge is 2.53. The zero-order valence-electron chi connectivity index (χ0n) is 17.6. The van der Waals surface area contributed by atoms with Crippen LogP contribution in [0.2, 0.25) is 0 Å². The third-order valence-corrected chi connectivity index (χ3v) is 7.81. The fraction of sp³-hybridized carbons (Fsp3) is 0.185. The van der Waals surface area contributed by atoms with Crippen LogP contribution in [0.3, 0.4) is 0 Å². The number of ether oxygens (including phenoxy) is 2. The average molecular weight is 436 g/mol. The molecular formula is C27H16O6. The maximum absolute atomic E-state index is 12.8. The van der Waals surface area contributed by atoms with Crippen LogP contribution in [-0.4, -0.2) is 23.9 Å². The van der Waals surface area contributed by atoms with Crippen LogP contribution in [0.15, 0.2) is 42.0 Å². The van der Waals surface area contributed by atoms with Crippen molar-refractivity contribution < 1.29 is 28.7 Å². The number of rotatable bonds is 1. The fourth-order valence-corrected chi connectivity index (χ4v) is 6.24. The van der Waals surface area contributed by atoms with Crippen molar-refractivity contribution in [3.8, 4) is 0 Å². The molecule has 2 aliphatic heterocycles. The molecule has 1 fully saturated rings. The van der Waals surface area contributed by atoms with Gasteiger partial charge < -0.3 is 9.47 Å². The number of carbonyl (C=O) groups excluding carboxylic acids is 4. The van der Waals surface area contributed by atoms with Crippen LogP contribution in [-0.2, 0) is 25.5 Å². The van der Waals surface area contributed by atoms with Crippen molar-refractivity contribution in [3.63, 3.8) is 0 Å². The Morgan fingerprint density at radius 2 is 1.61 bits per heavy atom. The minimum atomic E-state index is -0.681. The van der Waals surface area contributed by atoms with Crippen LogP contribution in [0.1, 0.15) is 45.2 Å². The molecule has 0 amide bonds. The molecule has 3 aromatic rings. The monoisotopic (exact) mass is 436 g/mol. The third kappa shape index (κ3) is 2.04. The van der Waals surface area contributed by atoms with Gasteiger partial charge in [-0.3, -0.25) is 4.79 Å². The molecule has 0 aromatic heterocycles. The van der Waals surface area contributed by atoms with Gasteiger partial charge in [0.05, 0.1) is 17.0 Å². The van der Waals surface area contributed by atoms with E-state index >= 15 is 0 Å². The summed E-state index contributed by atoms with van der Waals surface area (Å²) in [7, 11) is 0. The molecule has 2 aliphatic carbocycles. The summed E-state index contributed by atoms with van der Waals surface area (Å²) in [6.07, 6.45) is 8.58. The SMILES string of the molecule is CCC12Cc3c4c5ccc6c7c(ccc(c3=CC=C1C(=O)OC(=O)C2C=C4)c57)C(=O)OC6=O. The lowest BCUT2D eigenvalue weighted by atomic mass is 9.64. The Labute approximate surface area is 187 Å². The molecule has 160 valence electrons. The van der Waals surface area contributed by atoms with Crippen LogP contribution in [0.5, 0.6) is 0 Å². The molecule has 0 N–H and O–H groups in total. The van der Waals surface area contributed by atoms with Gasteiger partial charge in [-0.25, -0.2) is 14.4 Å². The smallest absolute Gasteiger partial charge is 0.346 e. The van der Waals surface area contributed by atoms with Gasteiger partial charge in [-0.1, -0.05) is 43.4 Å². The first-order valence-electron chi connectivity index (χ1n) is 10.9. The second-order valence-electron chi connectivity index (χ2n) is 9.03. The summed E-state index contributed by atoms with van der Waals surface area (Å²) in [5, 5.41) is 4.11. The van der Waals surface area contributed by atoms with E-state index in [4.69, 9.17) is 9.47 Å². The van der Waals surface area contributed by atoms with Gasteiger partial charge >= 0.3 is 23.9 Å². The van der Waals surface area contributed by atoms with Crippen molar-refractivity contribution in [2.45, 2.75) is 19.8 Å². The van der Waals surface area contributed by atoms with Crippen LogP contribution < -0.4 is 5.22 Å². The number of fused-ring (bicyclic) bond motifs is 2. The van der Waals surface area contributed by atoms with E-state index in [1.165, 1.54) is 0 Å². The van der Waals surface area contributed by atoms with Crippen molar-refractivity contribution in [2.75, 3.05) is 0 Å². The molecule has 0 radical (unpaired) electrons. The summed E-state index contributed by atoms with van der Waals surface area (Å²) < 4.78 is 10.0. The summed E-state index contributed by atoms with van der Waals surface area (Å²) in [6, 6.07) is 7.14. The number of esters is 4. The predicted molar refractivity (Wildman–Crippen MR) is 119 cm³/mol. The molecule has 4 aliphatic rings. The first-order chi connectivity index (χ1) is 15.9. The molecule has 1 saturated heterocycles. The minimum Gasteiger partial charge on any atom is -0.389 e. The molecule has 33 heavy (non-hydrogen) atoms. The summed E-state index contributed by atoms with van der Waals surface area (Å²) >= 11 is 0. The van der Waals surface area contributed by atoms with Crippen molar-refractivity contribution in [1.82, 2.24) is 0 Å². The summed E-state index contributed by atoms with van der Waals surface area (Å²) in [6.45, 7) is 2.00. The lowest BCUT2D eigenvalue weighted by Crippen LogP contribution is -2.46. The van der Waals surface area contributed by atoms with E-state index in [0.29, 0.717) is 34.9 Å². The van der Waals surface area contributed by atoms with Crippen LogP contribution in [0.4, 0.5) is 0 Å². The quantitative estimate of drug-likeness (QED) is 0.429. The Morgan fingerprint density at radius 1 is 0.879 bits per heavy atom. The van der Waals surface area contributed by atoms with Gasteiger partial charge in [0.25, 0.3) is 0 Å². The van der Waals surface area contributed by atoms with Gasteiger partial charge in [-0.05, 0) is 57.5 Å². The van der Waals surface area contributed by atoms with E-state index in [-0.39, 0.29) is 0 Å². The zero-order valence-corrected chi connectivity index (χ0v) is 17.6. The number of allylic oxidation sites excluding steroid dienone is 1. The van der Waals surface area contributed by atoms with Gasteiger partial charge in [0, 0.05) is 16.4 Å². The third-order valence-electron chi connectivity index (χ3n) is 7.81. The van der Waals surface area contributed by atoms with Crippen molar-refractivity contribution >= 4 is 57.6 Å². The van der Waals surface area contributed by atoms with E-state index in [2.05, 4.69) is 0 Å². The highest BCUT2D eigenvalue weighted by Crippen LogP contribution is 2.51. The Morgan fingerprint density at radius 3 is 2.33 bits per heavy atom. The molecule has 0 saturated carbocycles. The number of hydrogen-bond acceptors (Lipinski definition) is 6. The second-order valence-corrected chi connectivity index (χ2v) is 9.03. The fourth-order valence-electron chi connectivity index (χ4n) is 6.24. The maximum atomic E-state index is 12.8. The maximum Gasteiger partial charge on any atom is 0.346 e. The second kappa shape index (κ2) is 5.84. The Hall–Kier alpha value is -4.06. The molecule has 6 nitrogen and oxygen atoms in total. The first kappa shape index (κ1) is 18.5. The lowest BCUT2D eigenvalue weighted by molar-refractivity contribution is -0.167.